The zero-order valence-electron chi connectivity index (χ0n) is 11.2. The van der Waals surface area contributed by atoms with Crippen LogP contribution in [0, 0.1) is 0 Å². The normalized spacial score (nSPS) is 14.2. The van der Waals surface area contributed by atoms with Crippen molar-refractivity contribution in [2.24, 2.45) is 5.73 Å². The summed E-state index contributed by atoms with van der Waals surface area (Å²) in [6.07, 6.45) is 2.07. The number of benzene rings is 1. The van der Waals surface area contributed by atoms with Gasteiger partial charge in [-0.05, 0) is 43.9 Å². The van der Waals surface area contributed by atoms with Crippen LogP contribution in [0.1, 0.15) is 38.2 Å². The van der Waals surface area contributed by atoms with E-state index in [4.69, 9.17) is 15.2 Å². The number of ether oxygens (including phenoxy) is 2. The summed E-state index contributed by atoms with van der Waals surface area (Å²) in [4.78, 5) is 0. The zero-order valence-corrected chi connectivity index (χ0v) is 11.2. The first-order valence-electron chi connectivity index (χ1n) is 6.06. The van der Waals surface area contributed by atoms with Gasteiger partial charge in [0.1, 0.15) is 11.5 Å². The van der Waals surface area contributed by atoms with Gasteiger partial charge < -0.3 is 15.2 Å². The van der Waals surface area contributed by atoms with Crippen LogP contribution < -0.4 is 15.2 Å². The van der Waals surface area contributed by atoms with E-state index in [2.05, 4.69) is 6.92 Å². The molecule has 0 aliphatic rings. The largest absolute Gasteiger partial charge is 0.497 e. The topological polar surface area (TPSA) is 44.5 Å². The fraction of sp³-hybridized carbons (Fsp3) is 0.571. The molecular weight excluding hydrogens is 214 g/mol. The van der Waals surface area contributed by atoms with Gasteiger partial charge in [-0.25, -0.2) is 0 Å². The molecule has 17 heavy (non-hydrogen) atoms. The predicted molar refractivity (Wildman–Crippen MR) is 70.8 cm³/mol. The Morgan fingerprint density at radius 3 is 2.35 bits per heavy atom. The molecule has 0 bridgehead atoms. The minimum absolute atomic E-state index is 0.244. The van der Waals surface area contributed by atoms with Gasteiger partial charge in [0.2, 0.25) is 0 Å². The van der Waals surface area contributed by atoms with Crippen LogP contribution in [0.25, 0.3) is 0 Å². The summed E-state index contributed by atoms with van der Waals surface area (Å²) in [5, 5.41) is 0. The van der Waals surface area contributed by atoms with Crippen LogP contribution in [0.5, 0.6) is 11.5 Å². The molecule has 3 nitrogen and oxygen atoms in total. The molecule has 0 aliphatic carbocycles. The Labute approximate surface area is 104 Å². The second-order valence-electron chi connectivity index (χ2n) is 4.56. The molecule has 0 spiro atoms. The molecule has 3 heteroatoms. The number of nitrogens with two attached hydrogens (primary N) is 1. The smallest absolute Gasteiger partial charge is 0.122 e. The highest BCUT2D eigenvalue weighted by Gasteiger charge is 2.13. The summed E-state index contributed by atoms with van der Waals surface area (Å²) in [6.45, 7) is 4.23. The Morgan fingerprint density at radius 1 is 1.12 bits per heavy atom. The highest BCUT2D eigenvalue weighted by molar-refractivity contribution is 5.42. The second kappa shape index (κ2) is 6.50. The van der Waals surface area contributed by atoms with Crippen molar-refractivity contribution >= 4 is 0 Å². The van der Waals surface area contributed by atoms with Crippen molar-refractivity contribution in [3.8, 4) is 11.5 Å². The maximum atomic E-state index is 5.79. The van der Waals surface area contributed by atoms with Crippen LogP contribution in [0.3, 0.4) is 0 Å². The van der Waals surface area contributed by atoms with Crippen LogP contribution in [0.4, 0.5) is 0 Å². The maximum absolute atomic E-state index is 5.79. The van der Waals surface area contributed by atoms with E-state index in [9.17, 15) is 0 Å². The van der Waals surface area contributed by atoms with Crippen LogP contribution in [0.2, 0.25) is 0 Å². The first-order valence-corrected chi connectivity index (χ1v) is 6.06. The lowest BCUT2D eigenvalue weighted by atomic mass is 9.93. The van der Waals surface area contributed by atoms with Gasteiger partial charge in [-0.2, -0.15) is 0 Å². The molecule has 2 atom stereocenters. The fourth-order valence-corrected chi connectivity index (χ4v) is 1.89. The Morgan fingerprint density at radius 2 is 1.82 bits per heavy atom. The minimum Gasteiger partial charge on any atom is -0.497 e. The van der Waals surface area contributed by atoms with Crippen LogP contribution in [0.15, 0.2) is 18.2 Å². The molecule has 0 heterocycles. The molecule has 0 amide bonds. The molecule has 1 aromatic carbocycles. The molecule has 96 valence electrons. The van der Waals surface area contributed by atoms with Crippen molar-refractivity contribution in [3.63, 3.8) is 0 Å². The zero-order chi connectivity index (χ0) is 12.8. The minimum atomic E-state index is 0.244. The average Bonchev–Trinajstić information content (AvgIpc) is 2.34. The molecule has 2 unspecified atom stereocenters. The van der Waals surface area contributed by atoms with E-state index >= 15 is 0 Å². The highest BCUT2D eigenvalue weighted by atomic mass is 16.5. The Bertz CT molecular complexity index is 350. The monoisotopic (exact) mass is 237 g/mol. The van der Waals surface area contributed by atoms with Gasteiger partial charge in [-0.1, -0.05) is 6.92 Å². The number of hydrogen-bond donors (Lipinski definition) is 1. The third-order valence-corrected chi connectivity index (χ3v) is 3.02. The summed E-state index contributed by atoms with van der Waals surface area (Å²) in [7, 11) is 3.38. The molecule has 0 fully saturated rings. The fourth-order valence-electron chi connectivity index (χ4n) is 1.89. The quantitative estimate of drug-likeness (QED) is 0.827. The molecule has 0 aliphatic heterocycles. The molecule has 0 aromatic heterocycles. The van der Waals surface area contributed by atoms with E-state index in [0.29, 0.717) is 5.92 Å². The highest BCUT2D eigenvalue weighted by Crippen LogP contribution is 2.32. The van der Waals surface area contributed by atoms with E-state index < -0.39 is 0 Å². The molecule has 2 N–H and O–H groups in total. The summed E-state index contributed by atoms with van der Waals surface area (Å²) in [6, 6.07) is 6.16. The van der Waals surface area contributed by atoms with Crippen molar-refractivity contribution in [1.82, 2.24) is 0 Å². The van der Waals surface area contributed by atoms with Crippen molar-refractivity contribution in [2.45, 2.75) is 38.6 Å². The Kier molecular flexibility index (Phi) is 5.29. The average molecular weight is 237 g/mol. The maximum Gasteiger partial charge on any atom is 0.122 e. The predicted octanol–water partition coefficient (Wildman–Crippen LogP) is 2.93. The Hall–Kier alpha value is -1.22. The summed E-state index contributed by atoms with van der Waals surface area (Å²) >= 11 is 0. The third-order valence-electron chi connectivity index (χ3n) is 3.02. The SMILES string of the molecule is COc1ccc(OC)c(C(C)CCC(C)N)c1. The lowest BCUT2D eigenvalue weighted by molar-refractivity contribution is 0.394. The summed E-state index contributed by atoms with van der Waals surface area (Å²) in [5.74, 6) is 2.21. The van der Waals surface area contributed by atoms with Gasteiger partial charge in [-0.3, -0.25) is 0 Å². The standard InChI is InChI=1S/C14H23NO2/c1-10(5-6-11(2)15)13-9-12(16-3)7-8-14(13)17-4/h7-11H,5-6,15H2,1-4H3. The van der Waals surface area contributed by atoms with Crippen LogP contribution in [-0.4, -0.2) is 20.3 Å². The third kappa shape index (κ3) is 3.93. The number of methoxy groups -OCH3 is 2. The Balaban J connectivity index is 2.85. The molecule has 0 radical (unpaired) electrons. The number of rotatable bonds is 6. The van der Waals surface area contributed by atoms with Crippen molar-refractivity contribution in [3.05, 3.63) is 23.8 Å². The van der Waals surface area contributed by atoms with Gasteiger partial charge in [-0.15, -0.1) is 0 Å². The van der Waals surface area contributed by atoms with Gasteiger partial charge in [0.05, 0.1) is 14.2 Å². The van der Waals surface area contributed by atoms with Crippen molar-refractivity contribution in [1.29, 1.82) is 0 Å². The lowest BCUT2D eigenvalue weighted by Gasteiger charge is -2.17. The van der Waals surface area contributed by atoms with Gasteiger partial charge in [0, 0.05) is 11.6 Å². The van der Waals surface area contributed by atoms with E-state index in [1.807, 2.05) is 25.1 Å². The van der Waals surface area contributed by atoms with Crippen LogP contribution in [-0.2, 0) is 0 Å². The van der Waals surface area contributed by atoms with Crippen molar-refractivity contribution in [2.75, 3.05) is 14.2 Å². The van der Waals surface area contributed by atoms with E-state index in [-0.39, 0.29) is 6.04 Å². The second-order valence-corrected chi connectivity index (χ2v) is 4.56. The molecular formula is C14H23NO2. The van der Waals surface area contributed by atoms with Gasteiger partial charge in [0.25, 0.3) is 0 Å². The molecule has 0 saturated carbocycles. The van der Waals surface area contributed by atoms with Gasteiger partial charge in [0.15, 0.2) is 0 Å². The van der Waals surface area contributed by atoms with E-state index in [1.54, 1.807) is 14.2 Å². The van der Waals surface area contributed by atoms with Gasteiger partial charge >= 0.3 is 0 Å². The first kappa shape index (κ1) is 13.8. The molecule has 0 saturated heterocycles. The summed E-state index contributed by atoms with van der Waals surface area (Å²) < 4.78 is 10.6. The molecule has 1 aromatic rings. The van der Waals surface area contributed by atoms with Crippen LogP contribution >= 0.6 is 0 Å². The van der Waals surface area contributed by atoms with E-state index in [0.717, 1.165) is 24.3 Å². The lowest BCUT2D eigenvalue weighted by Crippen LogP contribution is -2.15. The van der Waals surface area contributed by atoms with Crippen molar-refractivity contribution < 1.29 is 9.47 Å². The first-order chi connectivity index (χ1) is 8.08. The molecule has 1 rings (SSSR count). The summed E-state index contributed by atoms with van der Waals surface area (Å²) in [5.41, 5.74) is 6.98. The number of hydrogen-bond acceptors (Lipinski definition) is 3. The van der Waals surface area contributed by atoms with E-state index in [1.165, 1.54) is 5.56 Å².